The molecule has 1 amide bonds. The van der Waals surface area contributed by atoms with E-state index in [0.717, 1.165) is 6.08 Å². The first-order chi connectivity index (χ1) is 9.06. The van der Waals surface area contributed by atoms with Crippen LogP contribution in [0.2, 0.25) is 0 Å². The van der Waals surface area contributed by atoms with E-state index in [1.54, 1.807) is 14.1 Å². The van der Waals surface area contributed by atoms with Gasteiger partial charge in [-0.1, -0.05) is 0 Å². The largest absolute Gasteiger partial charge is 0.466 e. The minimum absolute atomic E-state index is 0.114. The molecular formula is C11H13N5O3. The Labute approximate surface area is 109 Å². The highest BCUT2D eigenvalue weighted by molar-refractivity contribution is 6.13. The van der Waals surface area contributed by atoms with Gasteiger partial charge in [0.1, 0.15) is 11.4 Å². The molecule has 2 N–H and O–H groups in total. The quantitative estimate of drug-likeness (QED) is 0.571. The number of ether oxygens (including phenoxy) is 1. The first-order valence-electron chi connectivity index (χ1n) is 5.46. The molecule has 0 aliphatic carbocycles. The zero-order valence-corrected chi connectivity index (χ0v) is 10.7. The molecule has 0 unspecified atom stereocenters. The van der Waals surface area contributed by atoms with Crippen LogP contribution in [0.25, 0.3) is 0 Å². The maximum Gasteiger partial charge on any atom is 0.332 e. The number of esters is 1. The summed E-state index contributed by atoms with van der Waals surface area (Å²) >= 11 is 0. The standard InChI is InChI=1S/C11H13N5O3/c1-12-11-13-5-7-9(15-11)16(2)10(18)6(14-7)4-8(17)19-3/h4-5,14H,1-3H3,(H,12,13,15)/b6-4+. The molecule has 2 rings (SSSR count). The molecular weight excluding hydrogens is 250 g/mol. The maximum absolute atomic E-state index is 12.0. The van der Waals surface area contributed by atoms with Gasteiger partial charge in [0.25, 0.3) is 5.91 Å². The third-order valence-electron chi connectivity index (χ3n) is 2.58. The molecule has 8 nitrogen and oxygen atoms in total. The number of carbonyl (C=O) groups is 2. The Hall–Kier alpha value is -2.64. The number of nitrogens with zero attached hydrogens (tertiary/aromatic N) is 3. The number of likely N-dealkylation sites (N-methyl/N-ethyl adjacent to an activating group) is 1. The average Bonchev–Trinajstić information content (AvgIpc) is 2.44. The summed E-state index contributed by atoms with van der Waals surface area (Å²) < 4.78 is 4.49. The summed E-state index contributed by atoms with van der Waals surface area (Å²) in [7, 11) is 4.49. The molecule has 1 aromatic rings. The molecule has 1 aliphatic heterocycles. The van der Waals surface area contributed by atoms with Crippen molar-refractivity contribution in [1.82, 2.24) is 9.97 Å². The molecule has 0 saturated carbocycles. The predicted octanol–water partition coefficient (Wildman–Crippen LogP) is -0.0365. The number of rotatable bonds is 2. The Morgan fingerprint density at radius 1 is 1.58 bits per heavy atom. The van der Waals surface area contributed by atoms with Crippen molar-refractivity contribution in [1.29, 1.82) is 0 Å². The molecule has 1 aliphatic rings. The molecule has 0 radical (unpaired) electrons. The highest BCUT2D eigenvalue weighted by Gasteiger charge is 2.28. The fourth-order valence-corrected chi connectivity index (χ4v) is 1.59. The van der Waals surface area contributed by atoms with E-state index in [9.17, 15) is 9.59 Å². The number of nitrogens with one attached hydrogen (secondary N) is 2. The van der Waals surface area contributed by atoms with Crippen molar-refractivity contribution >= 4 is 29.3 Å². The van der Waals surface area contributed by atoms with Crippen LogP contribution in [0, 0.1) is 0 Å². The minimum Gasteiger partial charge on any atom is -0.466 e. The molecule has 0 aromatic carbocycles. The Morgan fingerprint density at radius 3 is 2.95 bits per heavy atom. The van der Waals surface area contributed by atoms with Gasteiger partial charge in [-0.3, -0.25) is 9.69 Å². The Kier molecular flexibility index (Phi) is 3.32. The van der Waals surface area contributed by atoms with Crippen LogP contribution in [0.3, 0.4) is 0 Å². The predicted molar refractivity (Wildman–Crippen MR) is 68.7 cm³/mol. The normalized spacial score (nSPS) is 15.8. The lowest BCUT2D eigenvalue weighted by Crippen LogP contribution is -2.36. The molecule has 0 bridgehead atoms. The van der Waals surface area contributed by atoms with Gasteiger partial charge in [0.2, 0.25) is 5.95 Å². The van der Waals surface area contributed by atoms with Crippen LogP contribution < -0.4 is 15.5 Å². The van der Waals surface area contributed by atoms with Crippen molar-refractivity contribution in [2.45, 2.75) is 0 Å². The third-order valence-corrected chi connectivity index (χ3v) is 2.58. The number of hydrogen-bond donors (Lipinski definition) is 2. The summed E-state index contributed by atoms with van der Waals surface area (Å²) in [6, 6.07) is 0. The van der Waals surface area contributed by atoms with E-state index in [-0.39, 0.29) is 11.6 Å². The second kappa shape index (κ2) is 4.92. The SMILES string of the molecule is CNc1ncc2c(n1)N(C)C(=O)/C(=C\C(=O)OC)N2. The van der Waals surface area contributed by atoms with Crippen LogP contribution in [-0.4, -0.2) is 43.0 Å². The number of carbonyl (C=O) groups excluding carboxylic acids is 2. The second-order valence-corrected chi connectivity index (χ2v) is 3.75. The van der Waals surface area contributed by atoms with Gasteiger partial charge in [-0.05, 0) is 0 Å². The summed E-state index contributed by atoms with van der Waals surface area (Å²) in [5.41, 5.74) is 0.652. The van der Waals surface area contributed by atoms with E-state index in [1.165, 1.54) is 18.2 Å². The smallest absolute Gasteiger partial charge is 0.332 e. The van der Waals surface area contributed by atoms with Gasteiger partial charge in [0.05, 0.1) is 19.4 Å². The molecule has 0 spiro atoms. The number of amides is 1. The maximum atomic E-state index is 12.0. The lowest BCUT2D eigenvalue weighted by atomic mass is 10.2. The van der Waals surface area contributed by atoms with Gasteiger partial charge >= 0.3 is 5.97 Å². The Bertz CT molecular complexity index is 569. The van der Waals surface area contributed by atoms with Gasteiger partial charge in [-0.2, -0.15) is 4.98 Å². The number of aromatic nitrogens is 2. The van der Waals surface area contributed by atoms with Crippen LogP contribution in [0.1, 0.15) is 0 Å². The zero-order chi connectivity index (χ0) is 14.0. The molecule has 100 valence electrons. The molecule has 19 heavy (non-hydrogen) atoms. The van der Waals surface area contributed by atoms with Crippen molar-refractivity contribution in [3.8, 4) is 0 Å². The third kappa shape index (κ3) is 2.32. The fraction of sp³-hybridized carbons (Fsp3) is 0.273. The Morgan fingerprint density at radius 2 is 2.32 bits per heavy atom. The lowest BCUT2D eigenvalue weighted by molar-refractivity contribution is -0.135. The van der Waals surface area contributed by atoms with E-state index in [1.807, 2.05) is 0 Å². The van der Waals surface area contributed by atoms with E-state index < -0.39 is 5.97 Å². The van der Waals surface area contributed by atoms with Crippen LogP contribution in [0.4, 0.5) is 17.5 Å². The number of fused-ring (bicyclic) bond motifs is 1. The van der Waals surface area contributed by atoms with Crippen LogP contribution >= 0.6 is 0 Å². The number of methoxy groups -OCH3 is 1. The lowest BCUT2D eigenvalue weighted by Gasteiger charge is -2.27. The average molecular weight is 263 g/mol. The van der Waals surface area contributed by atoms with E-state index in [0.29, 0.717) is 17.5 Å². The van der Waals surface area contributed by atoms with Gasteiger partial charge in [0.15, 0.2) is 5.82 Å². The topological polar surface area (TPSA) is 96.5 Å². The first kappa shape index (κ1) is 12.8. The summed E-state index contributed by atoms with van der Waals surface area (Å²) in [5, 5.41) is 5.60. The van der Waals surface area contributed by atoms with Crippen molar-refractivity contribution in [3.63, 3.8) is 0 Å². The molecule has 2 heterocycles. The molecule has 0 saturated heterocycles. The van der Waals surface area contributed by atoms with Gasteiger partial charge in [-0.15, -0.1) is 0 Å². The van der Waals surface area contributed by atoms with Gasteiger partial charge in [-0.25, -0.2) is 9.78 Å². The Balaban J connectivity index is 2.42. The monoisotopic (exact) mass is 263 g/mol. The van der Waals surface area contributed by atoms with Crippen molar-refractivity contribution < 1.29 is 14.3 Å². The van der Waals surface area contributed by atoms with Crippen molar-refractivity contribution in [2.24, 2.45) is 0 Å². The molecule has 1 aromatic heterocycles. The first-order valence-corrected chi connectivity index (χ1v) is 5.46. The van der Waals surface area contributed by atoms with E-state index in [2.05, 4.69) is 25.3 Å². The van der Waals surface area contributed by atoms with Crippen LogP contribution in [0.5, 0.6) is 0 Å². The highest BCUT2D eigenvalue weighted by Crippen LogP contribution is 2.29. The van der Waals surface area contributed by atoms with E-state index >= 15 is 0 Å². The number of hydrogen-bond acceptors (Lipinski definition) is 7. The molecule has 0 atom stereocenters. The summed E-state index contributed by atoms with van der Waals surface area (Å²) in [6.07, 6.45) is 2.62. The fourth-order valence-electron chi connectivity index (χ4n) is 1.59. The van der Waals surface area contributed by atoms with Crippen molar-refractivity contribution in [3.05, 3.63) is 18.0 Å². The summed E-state index contributed by atoms with van der Waals surface area (Å²) in [5.74, 6) is -0.147. The minimum atomic E-state index is -0.611. The molecule has 0 fully saturated rings. The van der Waals surface area contributed by atoms with Crippen LogP contribution in [-0.2, 0) is 14.3 Å². The zero-order valence-electron chi connectivity index (χ0n) is 10.7. The summed E-state index contributed by atoms with van der Waals surface area (Å²) in [4.78, 5) is 32.8. The van der Waals surface area contributed by atoms with Gasteiger partial charge < -0.3 is 15.4 Å². The second-order valence-electron chi connectivity index (χ2n) is 3.75. The van der Waals surface area contributed by atoms with Gasteiger partial charge in [0, 0.05) is 14.1 Å². The highest BCUT2D eigenvalue weighted by atomic mass is 16.5. The van der Waals surface area contributed by atoms with Crippen molar-refractivity contribution in [2.75, 3.05) is 36.7 Å². The van der Waals surface area contributed by atoms with Crippen LogP contribution in [0.15, 0.2) is 18.0 Å². The number of anilines is 3. The molecule has 8 heteroatoms. The van der Waals surface area contributed by atoms with E-state index in [4.69, 9.17) is 0 Å². The summed E-state index contributed by atoms with van der Waals surface area (Å²) in [6.45, 7) is 0.